The summed E-state index contributed by atoms with van der Waals surface area (Å²) in [5.41, 5.74) is 0.496. The average Bonchev–Trinajstić information content (AvgIpc) is 2.85. The molecule has 0 saturated heterocycles. The van der Waals surface area contributed by atoms with E-state index in [0.717, 1.165) is 30.8 Å². The molecule has 2 aromatic rings. The molecular weight excluding hydrogens is 424 g/mol. The monoisotopic (exact) mass is 466 g/mol. The topological polar surface area (TPSA) is 44.8 Å². The van der Waals surface area contributed by atoms with Crippen molar-refractivity contribution in [3.8, 4) is 17.2 Å². The molecule has 4 nitrogen and oxygen atoms in total. The van der Waals surface area contributed by atoms with Gasteiger partial charge in [0, 0.05) is 0 Å². The van der Waals surface area contributed by atoms with Crippen molar-refractivity contribution in [2.45, 2.75) is 90.6 Å². The van der Waals surface area contributed by atoms with Crippen LogP contribution in [0.4, 0.5) is 0 Å². The van der Waals surface area contributed by atoms with Crippen LogP contribution in [0.25, 0.3) is 0 Å². The summed E-state index contributed by atoms with van der Waals surface area (Å²) in [6, 6.07) is 14.4. The first-order valence-corrected chi connectivity index (χ1v) is 12.9. The standard InChI is InChI=1S/C30H42O4/c1-4-6-8-10-11-12-14-24-32-27-18-16-26(17-19-27)30(31)34-29-22-20-28(21-23-29)33-25(3)15-13-9-7-5-2/h4,16-23,25H,1,5-15,24H2,2-3H3/t25-/m0/s1. The van der Waals surface area contributed by atoms with E-state index in [1.165, 1.54) is 51.4 Å². The van der Waals surface area contributed by atoms with Crippen molar-refractivity contribution in [1.29, 1.82) is 0 Å². The van der Waals surface area contributed by atoms with Crippen molar-refractivity contribution < 1.29 is 19.0 Å². The average molecular weight is 467 g/mol. The van der Waals surface area contributed by atoms with Crippen LogP contribution in [0, 0.1) is 0 Å². The Morgan fingerprint density at radius 2 is 1.44 bits per heavy atom. The molecule has 1 atom stereocenters. The highest BCUT2D eigenvalue weighted by Gasteiger charge is 2.10. The maximum Gasteiger partial charge on any atom is 0.343 e. The lowest BCUT2D eigenvalue weighted by Crippen LogP contribution is -2.11. The molecule has 0 aliphatic carbocycles. The molecule has 2 aromatic carbocycles. The third-order valence-corrected chi connectivity index (χ3v) is 5.75. The molecule has 2 rings (SSSR count). The van der Waals surface area contributed by atoms with Gasteiger partial charge in [-0.25, -0.2) is 4.79 Å². The van der Waals surface area contributed by atoms with Gasteiger partial charge in [0.15, 0.2) is 0 Å². The summed E-state index contributed by atoms with van der Waals surface area (Å²) in [5.74, 6) is 1.68. The fraction of sp³-hybridized carbons (Fsp3) is 0.500. The fourth-order valence-corrected chi connectivity index (χ4v) is 3.70. The molecule has 0 N–H and O–H groups in total. The van der Waals surface area contributed by atoms with E-state index in [-0.39, 0.29) is 12.1 Å². The lowest BCUT2D eigenvalue weighted by Gasteiger charge is -2.15. The van der Waals surface area contributed by atoms with Crippen LogP contribution in [0.3, 0.4) is 0 Å². The lowest BCUT2D eigenvalue weighted by atomic mass is 10.1. The minimum atomic E-state index is -0.385. The predicted octanol–water partition coefficient (Wildman–Crippen LogP) is 8.55. The first-order chi connectivity index (χ1) is 16.6. The first kappa shape index (κ1) is 27.5. The maximum atomic E-state index is 12.5. The number of unbranched alkanes of at least 4 members (excludes halogenated alkanes) is 8. The molecule has 0 heterocycles. The quantitative estimate of drug-likeness (QED) is 0.0955. The minimum absolute atomic E-state index is 0.174. The van der Waals surface area contributed by atoms with E-state index in [4.69, 9.17) is 14.2 Å². The zero-order valence-electron chi connectivity index (χ0n) is 21.1. The zero-order valence-corrected chi connectivity index (χ0v) is 21.1. The predicted molar refractivity (Wildman–Crippen MR) is 140 cm³/mol. The summed E-state index contributed by atoms with van der Waals surface area (Å²) in [4.78, 5) is 12.5. The number of hydrogen-bond acceptors (Lipinski definition) is 4. The highest BCUT2D eigenvalue weighted by molar-refractivity contribution is 5.91. The lowest BCUT2D eigenvalue weighted by molar-refractivity contribution is 0.0734. The van der Waals surface area contributed by atoms with Crippen LogP contribution < -0.4 is 14.2 Å². The Morgan fingerprint density at radius 3 is 2.15 bits per heavy atom. The molecule has 186 valence electrons. The van der Waals surface area contributed by atoms with Crippen molar-refractivity contribution in [1.82, 2.24) is 0 Å². The molecule has 0 spiro atoms. The molecule has 0 saturated carbocycles. The Bertz CT molecular complexity index is 811. The van der Waals surface area contributed by atoms with E-state index in [1.807, 2.05) is 30.3 Å². The van der Waals surface area contributed by atoms with Crippen molar-refractivity contribution in [2.75, 3.05) is 6.61 Å². The molecule has 4 heteroatoms. The number of carbonyl (C=O) groups excluding carboxylic acids is 1. The third kappa shape index (κ3) is 11.4. The summed E-state index contributed by atoms with van der Waals surface area (Å²) in [5, 5.41) is 0. The van der Waals surface area contributed by atoms with Crippen LogP contribution >= 0.6 is 0 Å². The van der Waals surface area contributed by atoms with Gasteiger partial charge in [-0.3, -0.25) is 0 Å². The summed E-state index contributed by atoms with van der Waals surface area (Å²) in [7, 11) is 0. The zero-order chi connectivity index (χ0) is 24.4. The van der Waals surface area contributed by atoms with Crippen LogP contribution in [0.5, 0.6) is 17.2 Å². The van der Waals surface area contributed by atoms with Gasteiger partial charge in [-0.1, -0.05) is 51.5 Å². The van der Waals surface area contributed by atoms with Crippen LogP contribution in [-0.2, 0) is 0 Å². The SMILES string of the molecule is C=CCCCCCCCOc1ccc(C(=O)Oc2ccc(O[C@@H](C)CCCCCC)cc2)cc1. The Hall–Kier alpha value is -2.75. The number of hydrogen-bond donors (Lipinski definition) is 0. The van der Waals surface area contributed by atoms with Gasteiger partial charge in [0.05, 0.1) is 18.3 Å². The Morgan fingerprint density at radius 1 is 0.824 bits per heavy atom. The fourth-order valence-electron chi connectivity index (χ4n) is 3.70. The highest BCUT2D eigenvalue weighted by atomic mass is 16.5. The van der Waals surface area contributed by atoms with Gasteiger partial charge in [-0.2, -0.15) is 0 Å². The van der Waals surface area contributed by atoms with Gasteiger partial charge in [-0.05, 0) is 87.6 Å². The highest BCUT2D eigenvalue weighted by Crippen LogP contribution is 2.21. The van der Waals surface area contributed by atoms with E-state index < -0.39 is 0 Å². The number of esters is 1. The molecule has 0 unspecified atom stereocenters. The molecule has 0 aliphatic heterocycles. The van der Waals surface area contributed by atoms with Crippen molar-refractivity contribution in [2.24, 2.45) is 0 Å². The van der Waals surface area contributed by atoms with Crippen LogP contribution in [-0.4, -0.2) is 18.7 Å². The summed E-state index contributed by atoms with van der Waals surface area (Å²) in [6.45, 7) is 8.75. The van der Waals surface area contributed by atoms with E-state index in [2.05, 4.69) is 20.4 Å². The van der Waals surface area contributed by atoms with Gasteiger partial charge in [0.2, 0.25) is 0 Å². The number of rotatable bonds is 18. The Kier molecular flexibility index (Phi) is 13.6. The smallest absolute Gasteiger partial charge is 0.343 e. The Balaban J connectivity index is 1.69. The van der Waals surface area contributed by atoms with Gasteiger partial charge in [0.1, 0.15) is 17.2 Å². The number of allylic oxidation sites excluding steroid dienone is 1. The third-order valence-electron chi connectivity index (χ3n) is 5.75. The molecule has 0 aliphatic rings. The van der Waals surface area contributed by atoms with Gasteiger partial charge < -0.3 is 14.2 Å². The van der Waals surface area contributed by atoms with Gasteiger partial charge in [-0.15, -0.1) is 6.58 Å². The van der Waals surface area contributed by atoms with Crippen molar-refractivity contribution in [3.63, 3.8) is 0 Å². The minimum Gasteiger partial charge on any atom is -0.494 e. The molecule has 0 fully saturated rings. The van der Waals surface area contributed by atoms with E-state index in [0.29, 0.717) is 17.9 Å². The summed E-state index contributed by atoms with van der Waals surface area (Å²) >= 11 is 0. The van der Waals surface area contributed by atoms with Crippen molar-refractivity contribution in [3.05, 3.63) is 66.7 Å². The van der Waals surface area contributed by atoms with E-state index in [9.17, 15) is 4.79 Å². The van der Waals surface area contributed by atoms with E-state index in [1.54, 1.807) is 24.3 Å². The number of carbonyl (C=O) groups is 1. The molecule has 0 radical (unpaired) electrons. The molecule has 0 bridgehead atoms. The number of benzene rings is 2. The van der Waals surface area contributed by atoms with Gasteiger partial charge in [0.25, 0.3) is 0 Å². The van der Waals surface area contributed by atoms with Crippen LogP contribution in [0.2, 0.25) is 0 Å². The first-order valence-electron chi connectivity index (χ1n) is 12.9. The molecule has 0 aromatic heterocycles. The second kappa shape index (κ2) is 16.8. The normalized spacial score (nSPS) is 11.6. The van der Waals surface area contributed by atoms with E-state index >= 15 is 0 Å². The second-order valence-electron chi connectivity index (χ2n) is 8.86. The molecule has 0 amide bonds. The summed E-state index contributed by atoms with van der Waals surface area (Å²) in [6.07, 6.45) is 15.2. The van der Waals surface area contributed by atoms with Crippen LogP contribution in [0.15, 0.2) is 61.2 Å². The largest absolute Gasteiger partial charge is 0.494 e. The molecular formula is C30H42O4. The summed E-state index contributed by atoms with van der Waals surface area (Å²) < 4.78 is 17.3. The molecule has 34 heavy (non-hydrogen) atoms. The number of ether oxygens (including phenoxy) is 3. The Labute approximate surface area is 206 Å². The van der Waals surface area contributed by atoms with Gasteiger partial charge >= 0.3 is 5.97 Å². The second-order valence-corrected chi connectivity index (χ2v) is 8.86. The van der Waals surface area contributed by atoms with Crippen LogP contribution in [0.1, 0.15) is 94.8 Å². The maximum absolute atomic E-state index is 12.5. The van der Waals surface area contributed by atoms with Crippen molar-refractivity contribution >= 4 is 5.97 Å².